The average molecular weight is 359 g/mol. The van der Waals surface area contributed by atoms with Crippen LogP contribution in [0.15, 0.2) is 24.3 Å². The maximum absolute atomic E-state index is 12.3. The molecule has 0 aliphatic carbocycles. The molecule has 3 rings (SSSR count). The second-order valence-electron chi connectivity index (χ2n) is 5.52. The Balaban J connectivity index is 1.63. The number of benzene rings is 1. The van der Waals surface area contributed by atoms with Crippen LogP contribution in [0.5, 0.6) is 0 Å². The Kier molecular flexibility index (Phi) is 4.80. The maximum atomic E-state index is 12.3. The fourth-order valence-electron chi connectivity index (χ4n) is 2.61. The number of carbonyl (C=O) groups excluding carboxylic acids is 3. The molecule has 0 fully saturated rings. The molecule has 1 aliphatic heterocycles. The van der Waals surface area contributed by atoms with Crippen LogP contribution in [-0.4, -0.2) is 40.8 Å². The first-order valence-corrected chi connectivity index (χ1v) is 8.62. The summed E-state index contributed by atoms with van der Waals surface area (Å²) in [5.41, 5.74) is 2.04. The van der Waals surface area contributed by atoms with Gasteiger partial charge in [-0.1, -0.05) is 29.5 Å². The number of anilines is 1. The number of ether oxygens (including phenoxy) is 1. The zero-order valence-corrected chi connectivity index (χ0v) is 14.7. The number of nitrogens with zero attached hydrogens (tertiary/aromatic N) is 2. The van der Waals surface area contributed by atoms with Gasteiger partial charge in [-0.25, -0.2) is 9.78 Å². The molecule has 25 heavy (non-hydrogen) atoms. The second kappa shape index (κ2) is 7.02. The smallest absolute Gasteiger partial charge is 0.350 e. The summed E-state index contributed by atoms with van der Waals surface area (Å²) < 4.78 is 4.95. The van der Waals surface area contributed by atoms with E-state index in [4.69, 9.17) is 4.74 Å². The van der Waals surface area contributed by atoms with E-state index in [2.05, 4.69) is 10.3 Å². The highest BCUT2D eigenvalue weighted by Gasteiger charge is 2.28. The molecule has 1 aliphatic rings. The van der Waals surface area contributed by atoms with Crippen molar-refractivity contribution in [1.29, 1.82) is 0 Å². The second-order valence-corrected chi connectivity index (χ2v) is 6.52. The molecule has 1 aromatic heterocycles. The topological polar surface area (TPSA) is 88.6 Å². The molecule has 0 unspecified atom stereocenters. The summed E-state index contributed by atoms with van der Waals surface area (Å²) in [6.07, 6.45) is 0. The van der Waals surface area contributed by atoms with Gasteiger partial charge in [0.1, 0.15) is 11.4 Å². The van der Waals surface area contributed by atoms with E-state index in [1.807, 2.05) is 12.1 Å². The standard InChI is InChI=1S/C17H17N3O4S/c1-3-24-16(23)14-10(2)18-17(25-14)19-13(21)9-20-8-11-6-4-5-7-12(11)15(20)22/h4-7H,3,8-9H2,1-2H3,(H,18,19,21). The number of amides is 2. The summed E-state index contributed by atoms with van der Waals surface area (Å²) in [5.74, 6) is -0.971. The third kappa shape index (κ3) is 3.53. The summed E-state index contributed by atoms with van der Waals surface area (Å²) in [5, 5.41) is 2.96. The molecule has 1 aromatic carbocycles. The Morgan fingerprint density at radius 3 is 2.84 bits per heavy atom. The Morgan fingerprint density at radius 2 is 2.12 bits per heavy atom. The summed E-state index contributed by atoms with van der Waals surface area (Å²) >= 11 is 1.06. The fourth-order valence-corrected chi connectivity index (χ4v) is 3.49. The third-order valence-electron chi connectivity index (χ3n) is 3.73. The van der Waals surface area contributed by atoms with Gasteiger partial charge in [-0.15, -0.1) is 0 Å². The molecule has 0 spiro atoms. The lowest BCUT2D eigenvalue weighted by molar-refractivity contribution is -0.116. The number of carbonyl (C=O) groups is 3. The summed E-state index contributed by atoms with van der Waals surface area (Å²) in [4.78, 5) is 42.3. The van der Waals surface area contributed by atoms with E-state index in [0.717, 1.165) is 16.9 Å². The molecule has 0 saturated heterocycles. The molecular weight excluding hydrogens is 342 g/mol. The number of esters is 1. The first-order valence-electron chi connectivity index (χ1n) is 7.81. The van der Waals surface area contributed by atoms with Crippen LogP contribution in [0, 0.1) is 6.92 Å². The Hall–Kier alpha value is -2.74. The van der Waals surface area contributed by atoms with Crippen LogP contribution in [0.4, 0.5) is 5.13 Å². The molecule has 8 heteroatoms. The Morgan fingerprint density at radius 1 is 1.36 bits per heavy atom. The van der Waals surface area contributed by atoms with Gasteiger partial charge in [0, 0.05) is 12.1 Å². The summed E-state index contributed by atoms with van der Waals surface area (Å²) in [7, 11) is 0. The van der Waals surface area contributed by atoms with Crippen LogP contribution < -0.4 is 5.32 Å². The number of nitrogens with one attached hydrogen (secondary N) is 1. The predicted molar refractivity (Wildman–Crippen MR) is 92.6 cm³/mol. The fraction of sp³-hybridized carbons (Fsp3) is 0.294. The first-order chi connectivity index (χ1) is 12.0. The van der Waals surface area contributed by atoms with Crippen molar-refractivity contribution in [3.63, 3.8) is 0 Å². The molecular formula is C17H17N3O4S. The van der Waals surface area contributed by atoms with Crippen molar-refractivity contribution < 1.29 is 19.1 Å². The van der Waals surface area contributed by atoms with Crippen molar-refractivity contribution in [2.24, 2.45) is 0 Å². The van der Waals surface area contributed by atoms with E-state index in [1.54, 1.807) is 26.0 Å². The quantitative estimate of drug-likeness (QED) is 0.827. The lowest BCUT2D eigenvalue weighted by Crippen LogP contribution is -2.33. The van der Waals surface area contributed by atoms with Crippen LogP contribution in [0.3, 0.4) is 0 Å². The number of hydrogen-bond donors (Lipinski definition) is 1. The Bertz CT molecular complexity index is 846. The van der Waals surface area contributed by atoms with Gasteiger partial charge in [0.15, 0.2) is 5.13 Å². The third-order valence-corrected chi connectivity index (χ3v) is 4.79. The van der Waals surface area contributed by atoms with E-state index in [-0.39, 0.29) is 25.0 Å². The molecule has 2 heterocycles. The average Bonchev–Trinajstić information content (AvgIpc) is 3.08. The van der Waals surface area contributed by atoms with Crippen LogP contribution in [0.2, 0.25) is 0 Å². The number of thiazole rings is 1. The van der Waals surface area contributed by atoms with Crippen LogP contribution in [0.1, 0.15) is 38.2 Å². The van der Waals surface area contributed by atoms with Crippen molar-refractivity contribution in [2.75, 3.05) is 18.5 Å². The minimum Gasteiger partial charge on any atom is -0.462 e. The molecule has 7 nitrogen and oxygen atoms in total. The minimum atomic E-state index is -0.455. The number of fused-ring (bicyclic) bond motifs is 1. The SMILES string of the molecule is CCOC(=O)c1sc(NC(=O)CN2Cc3ccccc3C2=O)nc1C. The van der Waals surface area contributed by atoms with E-state index in [1.165, 1.54) is 4.90 Å². The van der Waals surface area contributed by atoms with E-state index >= 15 is 0 Å². The van der Waals surface area contributed by atoms with E-state index < -0.39 is 5.97 Å². The number of aromatic nitrogens is 1. The van der Waals surface area contributed by atoms with Gasteiger partial charge in [-0.2, -0.15) is 0 Å². The van der Waals surface area contributed by atoms with Gasteiger partial charge < -0.3 is 15.0 Å². The molecule has 130 valence electrons. The van der Waals surface area contributed by atoms with Crippen molar-refractivity contribution in [3.8, 4) is 0 Å². The van der Waals surface area contributed by atoms with Gasteiger partial charge >= 0.3 is 5.97 Å². The first kappa shape index (κ1) is 17.1. The molecule has 0 saturated carbocycles. The molecule has 0 radical (unpaired) electrons. The predicted octanol–water partition coefficient (Wildman–Crippen LogP) is 2.22. The Labute approximate surface area is 148 Å². The van der Waals surface area contributed by atoms with Crippen molar-refractivity contribution >= 4 is 34.3 Å². The molecule has 2 aromatic rings. The highest BCUT2D eigenvalue weighted by atomic mass is 32.1. The normalized spacial score (nSPS) is 12.9. The summed E-state index contributed by atoms with van der Waals surface area (Å²) in [6, 6.07) is 7.30. The van der Waals surface area contributed by atoms with Crippen LogP contribution in [-0.2, 0) is 16.1 Å². The number of hydrogen-bond acceptors (Lipinski definition) is 6. The summed E-state index contributed by atoms with van der Waals surface area (Å²) in [6.45, 7) is 4.02. The monoisotopic (exact) mass is 359 g/mol. The number of rotatable bonds is 5. The lowest BCUT2D eigenvalue weighted by atomic mass is 10.1. The maximum Gasteiger partial charge on any atom is 0.350 e. The van der Waals surface area contributed by atoms with Crippen molar-refractivity contribution in [2.45, 2.75) is 20.4 Å². The van der Waals surface area contributed by atoms with Gasteiger partial charge in [0.2, 0.25) is 5.91 Å². The van der Waals surface area contributed by atoms with Gasteiger partial charge in [-0.05, 0) is 25.5 Å². The molecule has 0 atom stereocenters. The highest BCUT2D eigenvalue weighted by molar-refractivity contribution is 7.17. The van der Waals surface area contributed by atoms with Gasteiger partial charge in [-0.3, -0.25) is 9.59 Å². The highest BCUT2D eigenvalue weighted by Crippen LogP contribution is 2.24. The van der Waals surface area contributed by atoms with Crippen molar-refractivity contribution in [3.05, 3.63) is 46.0 Å². The van der Waals surface area contributed by atoms with Crippen molar-refractivity contribution in [1.82, 2.24) is 9.88 Å². The lowest BCUT2D eigenvalue weighted by Gasteiger charge is -2.14. The van der Waals surface area contributed by atoms with E-state index in [9.17, 15) is 14.4 Å². The van der Waals surface area contributed by atoms with Crippen LogP contribution >= 0.6 is 11.3 Å². The molecule has 2 amide bonds. The zero-order chi connectivity index (χ0) is 18.0. The van der Waals surface area contributed by atoms with E-state index in [0.29, 0.717) is 27.8 Å². The molecule has 1 N–H and O–H groups in total. The molecule has 0 bridgehead atoms. The minimum absolute atomic E-state index is 0.0686. The number of aryl methyl sites for hydroxylation is 1. The zero-order valence-electron chi connectivity index (χ0n) is 13.9. The van der Waals surface area contributed by atoms with Gasteiger partial charge in [0.05, 0.1) is 12.3 Å². The van der Waals surface area contributed by atoms with Crippen LogP contribution in [0.25, 0.3) is 0 Å². The van der Waals surface area contributed by atoms with Gasteiger partial charge in [0.25, 0.3) is 5.91 Å². The largest absolute Gasteiger partial charge is 0.462 e.